The molecule has 0 saturated carbocycles. The summed E-state index contributed by atoms with van der Waals surface area (Å²) in [5, 5.41) is 3.98. The third-order valence-electron chi connectivity index (χ3n) is 3.42. The van der Waals surface area contributed by atoms with Crippen LogP contribution in [-0.4, -0.2) is 16.4 Å². The standard InChI is InChI=1S/C16H20N2O/c1-5-16(3,4)18-15(19)13-10-11(2)17-14-9-7-6-8-12(13)14/h6-10H,5H2,1-4H3,(H,18,19). The van der Waals surface area contributed by atoms with Gasteiger partial charge < -0.3 is 5.32 Å². The third kappa shape index (κ3) is 2.92. The lowest BCUT2D eigenvalue weighted by Gasteiger charge is -2.24. The van der Waals surface area contributed by atoms with Gasteiger partial charge in [0, 0.05) is 16.6 Å². The van der Waals surface area contributed by atoms with Gasteiger partial charge in [-0.25, -0.2) is 0 Å². The fraction of sp³-hybridized carbons (Fsp3) is 0.375. The molecule has 19 heavy (non-hydrogen) atoms. The first-order chi connectivity index (χ1) is 8.93. The molecule has 0 fully saturated rings. The van der Waals surface area contributed by atoms with E-state index in [1.807, 2.05) is 51.1 Å². The fourth-order valence-corrected chi connectivity index (χ4v) is 1.96. The normalized spacial score (nSPS) is 11.6. The minimum atomic E-state index is -0.199. The molecule has 0 atom stereocenters. The van der Waals surface area contributed by atoms with Crippen LogP contribution in [-0.2, 0) is 0 Å². The second-order valence-corrected chi connectivity index (χ2v) is 5.52. The van der Waals surface area contributed by atoms with Crippen LogP contribution >= 0.6 is 0 Å². The average Bonchev–Trinajstić information content (AvgIpc) is 2.37. The highest BCUT2D eigenvalue weighted by molar-refractivity contribution is 6.06. The number of amides is 1. The summed E-state index contributed by atoms with van der Waals surface area (Å²) >= 11 is 0. The van der Waals surface area contributed by atoms with Gasteiger partial charge in [0.05, 0.1) is 11.1 Å². The van der Waals surface area contributed by atoms with Crippen LogP contribution in [0.3, 0.4) is 0 Å². The zero-order valence-corrected chi connectivity index (χ0v) is 11.9. The van der Waals surface area contributed by atoms with E-state index in [1.165, 1.54) is 0 Å². The second kappa shape index (κ2) is 5.00. The summed E-state index contributed by atoms with van der Waals surface area (Å²) in [5.74, 6) is -0.0337. The van der Waals surface area contributed by atoms with Crippen molar-refractivity contribution in [3.63, 3.8) is 0 Å². The zero-order chi connectivity index (χ0) is 14.0. The summed E-state index contributed by atoms with van der Waals surface area (Å²) in [6.45, 7) is 8.03. The lowest BCUT2D eigenvalue weighted by molar-refractivity contribution is 0.0913. The second-order valence-electron chi connectivity index (χ2n) is 5.52. The van der Waals surface area contributed by atoms with E-state index in [9.17, 15) is 4.79 Å². The molecule has 0 aliphatic heterocycles. The van der Waals surface area contributed by atoms with Gasteiger partial charge in [-0.15, -0.1) is 0 Å². The SMILES string of the molecule is CCC(C)(C)NC(=O)c1cc(C)nc2ccccc12. The lowest BCUT2D eigenvalue weighted by Crippen LogP contribution is -2.42. The first-order valence-electron chi connectivity index (χ1n) is 6.62. The molecule has 2 aromatic rings. The number of aryl methyl sites for hydroxylation is 1. The molecule has 1 heterocycles. The minimum absolute atomic E-state index is 0.0337. The van der Waals surface area contributed by atoms with E-state index in [0.717, 1.165) is 23.0 Å². The average molecular weight is 256 g/mol. The Labute approximate surface area is 114 Å². The largest absolute Gasteiger partial charge is 0.347 e. The number of pyridine rings is 1. The molecule has 1 N–H and O–H groups in total. The summed E-state index contributed by atoms with van der Waals surface area (Å²) in [7, 11) is 0. The molecule has 0 aliphatic rings. The Morgan fingerprint density at radius 3 is 2.68 bits per heavy atom. The Morgan fingerprint density at radius 1 is 1.32 bits per heavy atom. The Balaban J connectivity index is 2.47. The minimum Gasteiger partial charge on any atom is -0.347 e. The maximum absolute atomic E-state index is 12.4. The molecule has 100 valence electrons. The van der Waals surface area contributed by atoms with Crippen molar-refractivity contribution >= 4 is 16.8 Å². The maximum atomic E-state index is 12.4. The van der Waals surface area contributed by atoms with E-state index in [-0.39, 0.29) is 11.4 Å². The predicted octanol–water partition coefficient (Wildman–Crippen LogP) is 3.46. The Kier molecular flexibility index (Phi) is 3.56. The van der Waals surface area contributed by atoms with Crippen LogP contribution in [0.2, 0.25) is 0 Å². The van der Waals surface area contributed by atoms with E-state index in [4.69, 9.17) is 0 Å². The molecule has 1 aromatic carbocycles. The topological polar surface area (TPSA) is 42.0 Å². The van der Waals surface area contributed by atoms with Gasteiger partial charge >= 0.3 is 0 Å². The highest BCUT2D eigenvalue weighted by atomic mass is 16.1. The van der Waals surface area contributed by atoms with Gasteiger partial charge in [-0.05, 0) is 39.3 Å². The number of nitrogens with zero attached hydrogens (tertiary/aromatic N) is 1. The smallest absolute Gasteiger partial charge is 0.252 e. The third-order valence-corrected chi connectivity index (χ3v) is 3.42. The Morgan fingerprint density at radius 2 is 2.00 bits per heavy atom. The van der Waals surface area contributed by atoms with Crippen molar-refractivity contribution in [1.29, 1.82) is 0 Å². The summed E-state index contributed by atoms with van der Waals surface area (Å²) in [5.41, 5.74) is 2.22. The molecule has 0 bridgehead atoms. The van der Waals surface area contributed by atoms with Gasteiger partial charge in [0.1, 0.15) is 0 Å². The highest BCUT2D eigenvalue weighted by Gasteiger charge is 2.20. The van der Waals surface area contributed by atoms with Crippen LogP contribution < -0.4 is 5.32 Å². The number of nitrogens with one attached hydrogen (secondary N) is 1. The molecular formula is C16H20N2O. The summed E-state index contributed by atoms with van der Waals surface area (Å²) in [4.78, 5) is 16.9. The molecule has 2 rings (SSSR count). The van der Waals surface area contributed by atoms with E-state index in [1.54, 1.807) is 0 Å². The quantitative estimate of drug-likeness (QED) is 0.913. The Bertz CT molecular complexity index is 617. The lowest BCUT2D eigenvalue weighted by atomic mass is 10.00. The molecule has 1 amide bonds. The van der Waals surface area contributed by atoms with Crippen molar-refractivity contribution in [1.82, 2.24) is 10.3 Å². The monoisotopic (exact) mass is 256 g/mol. The maximum Gasteiger partial charge on any atom is 0.252 e. The van der Waals surface area contributed by atoms with Gasteiger partial charge in [-0.3, -0.25) is 9.78 Å². The van der Waals surface area contributed by atoms with Crippen molar-refractivity contribution in [2.75, 3.05) is 0 Å². The van der Waals surface area contributed by atoms with E-state index in [0.29, 0.717) is 5.56 Å². The van der Waals surface area contributed by atoms with E-state index >= 15 is 0 Å². The number of carbonyl (C=O) groups is 1. The number of carbonyl (C=O) groups excluding carboxylic acids is 1. The number of para-hydroxylation sites is 1. The van der Waals surface area contributed by atoms with Gasteiger partial charge in [-0.2, -0.15) is 0 Å². The molecule has 0 radical (unpaired) electrons. The van der Waals surface area contributed by atoms with Crippen molar-refractivity contribution in [2.24, 2.45) is 0 Å². The van der Waals surface area contributed by atoms with Gasteiger partial charge in [0.2, 0.25) is 0 Å². The van der Waals surface area contributed by atoms with Gasteiger partial charge in [0.15, 0.2) is 0 Å². The van der Waals surface area contributed by atoms with Crippen LogP contribution in [0, 0.1) is 6.92 Å². The number of aromatic nitrogens is 1. The van der Waals surface area contributed by atoms with Crippen molar-refractivity contribution < 1.29 is 4.79 Å². The number of hydrogen-bond donors (Lipinski definition) is 1. The van der Waals surface area contributed by atoms with Crippen LogP contribution in [0.5, 0.6) is 0 Å². The first kappa shape index (κ1) is 13.5. The van der Waals surface area contributed by atoms with Crippen molar-refractivity contribution in [3.8, 4) is 0 Å². The number of benzene rings is 1. The molecule has 0 spiro atoms. The van der Waals surface area contributed by atoms with E-state index < -0.39 is 0 Å². The van der Waals surface area contributed by atoms with Gasteiger partial charge in [-0.1, -0.05) is 25.1 Å². The molecule has 3 heteroatoms. The van der Waals surface area contributed by atoms with Crippen molar-refractivity contribution in [2.45, 2.75) is 39.7 Å². The predicted molar refractivity (Wildman–Crippen MR) is 78.3 cm³/mol. The Hall–Kier alpha value is -1.90. The van der Waals surface area contributed by atoms with Crippen LogP contribution in [0.15, 0.2) is 30.3 Å². The molecule has 0 aliphatic carbocycles. The highest BCUT2D eigenvalue weighted by Crippen LogP contribution is 2.19. The van der Waals surface area contributed by atoms with Crippen LogP contribution in [0.25, 0.3) is 10.9 Å². The first-order valence-corrected chi connectivity index (χ1v) is 6.62. The van der Waals surface area contributed by atoms with Gasteiger partial charge in [0.25, 0.3) is 5.91 Å². The number of rotatable bonds is 3. The van der Waals surface area contributed by atoms with Crippen molar-refractivity contribution in [3.05, 3.63) is 41.6 Å². The zero-order valence-electron chi connectivity index (χ0n) is 11.9. The molecule has 0 unspecified atom stereocenters. The fourth-order valence-electron chi connectivity index (χ4n) is 1.96. The molecule has 3 nitrogen and oxygen atoms in total. The summed E-state index contributed by atoms with van der Waals surface area (Å²) in [6, 6.07) is 9.59. The number of fused-ring (bicyclic) bond motifs is 1. The summed E-state index contributed by atoms with van der Waals surface area (Å²) < 4.78 is 0. The van der Waals surface area contributed by atoms with Crippen LogP contribution in [0.1, 0.15) is 43.2 Å². The van der Waals surface area contributed by atoms with Crippen LogP contribution in [0.4, 0.5) is 0 Å². The molecule has 1 aromatic heterocycles. The molecule has 0 saturated heterocycles. The van der Waals surface area contributed by atoms with E-state index in [2.05, 4.69) is 17.2 Å². The summed E-state index contributed by atoms with van der Waals surface area (Å²) in [6.07, 6.45) is 0.890. The number of hydrogen-bond acceptors (Lipinski definition) is 2. The molecular weight excluding hydrogens is 236 g/mol.